The molecule has 1 aromatic heterocycles. The molecule has 188 valence electrons. The Morgan fingerprint density at radius 3 is 1.94 bits per heavy atom. The maximum Gasteiger partial charge on any atom is 0.250 e. The van der Waals surface area contributed by atoms with E-state index in [9.17, 15) is 0 Å². The number of nitrogens with one attached hydrogen (secondary N) is 1. The highest BCUT2D eigenvalue weighted by atomic mass is 35.5. The first-order valence-electron chi connectivity index (χ1n) is 12.8. The molecule has 3 heterocycles. The smallest absolute Gasteiger partial charge is 0.250 e. The SMILES string of the molecule is Clc1ccc(COc2ccc(/C=N\Nc3nc(N4CCCCC4)nc(N4CCCCC4)n3)cc2)cc1. The molecule has 0 atom stereocenters. The van der Waals surface area contributed by atoms with Crippen LogP contribution in [0.1, 0.15) is 49.7 Å². The Labute approximate surface area is 217 Å². The van der Waals surface area contributed by atoms with Gasteiger partial charge in [0.15, 0.2) is 0 Å². The van der Waals surface area contributed by atoms with Crippen molar-refractivity contribution in [3.8, 4) is 5.75 Å². The zero-order valence-electron chi connectivity index (χ0n) is 20.4. The van der Waals surface area contributed by atoms with Crippen LogP contribution in [0.25, 0.3) is 0 Å². The van der Waals surface area contributed by atoms with Crippen molar-refractivity contribution in [3.63, 3.8) is 0 Å². The molecule has 1 N–H and O–H groups in total. The van der Waals surface area contributed by atoms with Gasteiger partial charge in [0.2, 0.25) is 17.8 Å². The largest absolute Gasteiger partial charge is 0.489 e. The van der Waals surface area contributed by atoms with Crippen molar-refractivity contribution in [3.05, 3.63) is 64.7 Å². The fourth-order valence-corrected chi connectivity index (χ4v) is 4.56. The van der Waals surface area contributed by atoms with Gasteiger partial charge in [0, 0.05) is 31.2 Å². The molecule has 0 saturated carbocycles. The summed E-state index contributed by atoms with van der Waals surface area (Å²) >= 11 is 5.94. The van der Waals surface area contributed by atoms with Crippen LogP contribution in [0.2, 0.25) is 5.02 Å². The number of aromatic nitrogens is 3. The molecule has 0 radical (unpaired) electrons. The van der Waals surface area contributed by atoms with Crippen LogP contribution < -0.4 is 20.0 Å². The standard InChI is InChI=1S/C27H32ClN7O/c28-23-11-7-22(8-12-23)20-36-24-13-9-21(10-14-24)19-29-33-25-30-26(34-15-3-1-4-16-34)32-27(31-25)35-17-5-2-6-18-35/h7-14,19H,1-6,15-18,20H2,(H,30,31,32,33)/b29-19-. The molecule has 0 amide bonds. The lowest BCUT2D eigenvalue weighted by atomic mass is 10.1. The van der Waals surface area contributed by atoms with E-state index in [-0.39, 0.29) is 0 Å². The molecule has 3 aromatic rings. The summed E-state index contributed by atoms with van der Waals surface area (Å²) in [6.07, 6.45) is 8.97. The highest BCUT2D eigenvalue weighted by Crippen LogP contribution is 2.22. The van der Waals surface area contributed by atoms with Crippen molar-refractivity contribution in [1.82, 2.24) is 15.0 Å². The number of benzene rings is 2. The van der Waals surface area contributed by atoms with Crippen molar-refractivity contribution < 1.29 is 4.74 Å². The normalized spacial score (nSPS) is 16.4. The lowest BCUT2D eigenvalue weighted by molar-refractivity contribution is 0.306. The molecule has 9 heteroatoms. The lowest BCUT2D eigenvalue weighted by Crippen LogP contribution is -2.34. The van der Waals surface area contributed by atoms with Gasteiger partial charge >= 0.3 is 0 Å². The average molecular weight is 506 g/mol. The Morgan fingerprint density at radius 1 is 0.778 bits per heavy atom. The number of halogens is 1. The molecule has 8 nitrogen and oxygen atoms in total. The zero-order valence-corrected chi connectivity index (χ0v) is 21.2. The molecule has 0 aliphatic carbocycles. The van der Waals surface area contributed by atoms with Gasteiger partial charge in [-0.1, -0.05) is 23.7 Å². The number of hydrogen-bond acceptors (Lipinski definition) is 8. The molecule has 0 bridgehead atoms. The molecule has 0 spiro atoms. The van der Waals surface area contributed by atoms with Gasteiger partial charge in [-0.15, -0.1) is 0 Å². The van der Waals surface area contributed by atoms with Crippen molar-refractivity contribution in [2.24, 2.45) is 5.10 Å². The summed E-state index contributed by atoms with van der Waals surface area (Å²) in [5.74, 6) is 2.76. The third kappa shape index (κ3) is 6.63. The summed E-state index contributed by atoms with van der Waals surface area (Å²) < 4.78 is 5.86. The van der Waals surface area contributed by atoms with Gasteiger partial charge in [-0.05, 0) is 86.1 Å². The van der Waals surface area contributed by atoms with E-state index < -0.39 is 0 Å². The van der Waals surface area contributed by atoms with E-state index in [0.29, 0.717) is 12.6 Å². The van der Waals surface area contributed by atoms with Gasteiger partial charge in [-0.25, -0.2) is 5.43 Å². The maximum atomic E-state index is 5.94. The molecule has 5 rings (SSSR count). The molecular formula is C27H32ClN7O. The van der Waals surface area contributed by atoms with Crippen LogP contribution in [0.5, 0.6) is 5.75 Å². The van der Waals surface area contributed by atoms with Gasteiger partial charge < -0.3 is 14.5 Å². The topological polar surface area (TPSA) is 78.8 Å². The van der Waals surface area contributed by atoms with E-state index in [1.54, 1.807) is 6.21 Å². The van der Waals surface area contributed by atoms with Gasteiger partial charge in [0.05, 0.1) is 6.21 Å². The third-order valence-electron chi connectivity index (χ3n) is 6.47. The van der Waals surface area contributed by atoms with Gasteiger partial charge in [-0.3, -0.25) is 0 Å². The van der Waals surface area contributed by atoms with E-state index in [2.05, 4.69) is 30.3 Å². The maximum absolute atomic E-state index is 5.94. The predicted molar refractivity (Wildman–Crippen MR) is 145 cm³/mol. The van der Waals surface area contributed by atoms with E-state index in [1.807, 2.05) is 48.5 Å². The summed E-state index contributed by atoms with van der Waals surface area (Å²) in [4.78, 5) is 18.7. The van der Waals surface area contributed by atoms with Crippen molar-refractivity contribution in [2.75, 3.05) is 41.4 Å². The van der Waals surface area contributed by atoms with E-state index in [4.69, 9.17) is 21.3 Å². The van der Waals surface area contributed by atoms with Gasteiger partial charge in [0.1, 0.15) is 12.4 Å². The highest BCUT2D eigenvalue weighted by Gasteiger charge is 2.20. The molecule has 2 aromatic carbocycles. The Kier molecular flexibility index (Phi) is 8.13. The molecule has 0 unspecified atom stereocenters. The number of hydrogen-bond donors (Lipinski definition) is 1. The molecule has 2 fully saturated rings. The Morgan fingerprint density at radius 2 is 1.36 bits per heavy atom. The van der Waals surface area contributed by atoms with Crippen molar-refractivity contribution >= 4 is 35.7 Å². The highest BCUT2D eigenvalue weighted by molar-refractivity contribution is 6.30. The quantitative estimate of drug-likeness (QED) is 0.318. The average Bonchev–Trinajstić information content (AvgIpc) is 2.94. The predicted octanol–water partition coefficient (Wildman–Crippen LogP) is 5.53. The van der Waals surface area contributed by atoms with Crippen molar-refractivity contribution in [1.29, 1.82) is 0 Å². The number of rotatable bonds is 8. The molecule has 2 aliphatic rings. The van der Waals surface area contributed by atoms with Gasteiger partial charge in [0.25, 0.3) is 0 Å². The number of ether oxygens (including phenoxy) is 1. The number of nitrogens with zero attached hydrogens (tertiary/aromatic N) is 6. The fraction of sp³-hybridized carbons (Fsp3) is 0.407. The van der Waals surface area contributed by atoms with E-state index in [0.717, 1.165) is 60.0 Å². The van der Waals surface area contributed by atoms with Crippen LogP contribution in [-0.2, 0) is 6.61 Å². The van der Waals surface area contributed by atoms with Crippen LogP contribution in [0.15, 0.2) is 53.6 Å². The molecule has 2 saturated heterocycles. The van der Waals surface area contributed by atoms with Crippen LogP contribution >= 0.6 is 11.6 Å². The van der Waals surface area contributed by atoms with Crippen LogP contribution in [0.3, 0.4) is 0 Å². The Balaban J connectivity index is 1.23. The summed E-state index contributed by atoms with van der Waals surface area (Å²) in [6, 6.07) is 15.5. The lowest BCUT2D eigenvalue weighted by Gasteiger charge is -2.30. The first-order chi connectivity index (χ1) is 17.7. The number of hydrazone groups is 1. The van der Waals surface area contributed by atoms with Crippen LogP contribution in [0, 0.1) is 0 Å². The van der Waals surface area contributed by atoms with Crippen LogP contribution in [0.4, 0.5) is 17.8 Å². The first-order valence-corrected chi connectivity index (χ1v) is 13.1. The molecule has 36 heavy (non-hydrogen) atoms. The minimum atomic E-state index is 0.477. The zero-order chi connectivity index (χ0) is 24.6. The number of piperidine rings is 2. The second kappa shape index (κ2) is 12.0. The minimum absolute atomic E-state index is 0.477. The Hall–Kier alpha value is -3.39. The van der Waals surface area contributed by atoms with E-state index >= 15 is 0 Å². The first kappa shape index (κ1) is 24.3. The summed E-state index contributed by atoms with van der Waals surface area (Å²) in [5.41, 5.74) is 5.05. The second-order valence-corrected chi connectivity index (χ2v) is 9.65. The third-order valence-corrected chi connectivity index (χ3v) is 6.72. The van der Waals surface area contributed by atoms with E-state index in [1.165, 1.54) is 38.5 Å². The summed E-state index contributed by atoms with van der Waals surface area (Å²) in [7, 11) is 0. The summed E-state index contributed by atoms with van der Waals surface area (Å²) in [5, 5.41) is 5.12. The summed E-state index contributed by atoms with van der Waals surface area (Å²) in [6.45, 7) is 4.43. The molecule has 2 aliphatic heterocycles. The minimum Gasteiger partial charge on any atom is -0.489 e. The monoisotopic (exact) mass is 505 g/mol. The second-order valence-electron chi connectivity index (χ2n) is 9.21. The number of anilines is 3. The van der Waals surface area contributed by atoms with Crippen LogP contribution in [-0.4, -0.2) is 47.3 Å². The van der Waals surface area contributed by atoms with Crippen molar-refractivity contribution in [2.45, 2.75) is 45.1 Å². The van der Waals surface area contributed by atoms with Gasteiger partial charge in [-0.2, -0.15) is 20.1 Å². The fourth-order valence-electron chi connectivity index (χ4n) is 4.44. The molecular weight excluding hydrogens is 474 g/mol. The Bertz CT molecular complexity index is 1110.